The number of aromatic nitrogens is 2. The van der Waals surface area contributed by atoms with Crippen LogP contribution in [-0.4, -0.2) is 33.3 Å². The van der Waals surface area contributed by atoms with E-state index >= 15 is 0 Å². The van der Waals surface area contributed by atoms with E-state index in [0.29, 0.717) is 12.1 Å². The molecular formula is C19H28N4. The van der Waals surface area contributed by atoms with Gasteiger partial charge in [-0.1, -0.05) is 30.3 Å². The molecule has 1 aromatic heterocycles. The van der Waals surface area contributed by atoms with E-state index in [2.05, 4.69) is 65.7 Å². The molecule has 4 nitrogen and oxygen atoms in total. The Balaban J connectivity index is 1.46. The molecule has 0 radical (unpaired) electrons. The molecule has 0 aliphatic carbocycles. The molecule has 4 heteroatoms. The maximum Gasteiger partial charge on any atom is 0.0534 e. The number of benzene rings is 1. The minimum absolute atomic E-state index is 0.613. The van der Waals surface area contributed by atoms with Gasteiger partial charge < -0.3 is 5.32 Å². The fourth-order valence-electron chi connectivity index (χ4n) is 3.39. The first-order valence-electron chi connectivity index (χ1n) is 8.77. The quantitative estimate of drug-likeness (QED) is 0.890. The van der Waals surface area contributed by atoms with Gasteiger partial charge in [0.15, 0.2) is 0 Å². The number of piperidine rings is 1. The number of aryl methyl sites for hydroxylation is 1. The van der Waals surface area contributed by atoms with Crippen LogP contribution in [0.2, 0.25) is 0 Å². The largest absolute Gasteiger partial charge is 0.310 e. The minimum Gasteiger partial charge on any atom is -0.310 e. The molecule has 0 unspecified atom stereocenters. The normalized spacial score (nSPS) is 22.3. The second kappa shape index (κ2) is 7.75. The molecule has 1 fully saturated rings. The molecular weight excluding hydrogens is 284 g/mol. The highest BCUT2D eigenvalue weighted by molar-refractivity contribution is 5.14. The number of hydrogen-bond acceptors (Lipinski definition) is 3. The molecule has 0 amide bonds. The number of nitrogens with one attached hydrogen (secondary N) is 1. The number of rotatable bonds is 6. The zero-order chi connectivity index (χ0) is 16.1. The molecule has 0 spiro atoms. The summed E-state index contributed by atoms with van der Waals surface area (Å²) in [6.07, 6.45) is 6.55. The van der Waals surface area contributed by atoms with Gasteiger partial charge in [-0.3, -0.25) is 9.58 Å². The summed E-state index contributed by atoms with van der Waals surface area (Å²) in [7, 11) is 0. The van der Waals surface area contributed by atoms with Crippen molar-refractivity contribution in [2.75, 3.05) is 6.54 Å². The lowest BCUT2D eigenvalue weighted by atomic mass is 9.97. The lowest BCUT2D eigenvalue weighted by Gasteiger charge is -2.38. The van der Waals surface area contributed by atoms with Crippen LogP contribution < -0.4 is 5.32 Å². The molecule has 3 rings (SSSR count). The van der Waals surface area contributed by atoms with Crippen molar-refractivity contribution in [3.8, 4) is 0 Å². The van der Waals surface area contributed by atoms with Gasteiger partial charge in [0.25, 0.3) is 0 Å². The first-order valence-corrected chi connectivity index (χ1v) is 8.77. The van der Waals surface area contributed by atoms with Gasteiger partial charge in [-0.05, 0) is 32.3 Å². The second-order valence-electron chi connectivity index (χ2n) is 6.61. The number of nitrogens with zero attached hydrogens (tertiary/aromatic N) is 3. The summed E-state index contributed by atoms with van der Waals surface area (Å²) in [5.74, 6) is 0. The Kier molecular flexibility index (Phi) is 5.47. The average molecular weight is 312 g/mol. The molecule has 2 atom stereocenters. The van der Waals surface area contributed by atoms with Crippen LogP contribution in [0.15, 0.2) is 42.7 Å². The van der Waals surface area contributed by atoms with Crippen LogP contribution in [0.4, 0.5) is 0 Å². The molecule has 0 saturated carbocycles. The van der Waals surface area contributed by atoms with Gasteiger partial charge in [-0.25, -0.2) is 0 Å². The predicted octanol–water partition coefficient (Wildman–Crippen LogP) is 3.05. The van der Waals surface area contributed by atoms with Crippen LogP contribution in [0.25, 0.3) is 0 Å². The first-order chi connectivity index (χ1) is 11.2. The minimum atomic E-state index is 0.613. The fraction of sp³-hybridized carbons (Fsp3) is 0.526. The standard InChI is InChI=1S/C19H28N4/c1-3-23-15-18(13-21-23)12-20-19-9-10-22(16(2)11-19)14-17-7-5-4-6-8-17/h4-8,13,15-16,19-20H,3,9-12,14H2,1-2H3/t16-,19-/m1/s1. The lowest BCUT2D eigenvalue weighted by Crippen LogP contribution is -2.46. The van der Waals surface area contributed by atoms with E-state index in [-0.39, 0.29) is 0 Å². The highest BCUT2D eigenvalue weighted by atomic mass is 15.3. The molecule has 23 heavy (non-hydrogen) atoms. The molecule has 2 aromatic rings. The molecule has 1 saturated heterocycles. The van der Waals surface area contributed by atoms with Gasteiger partial charge in [0.1, 0.15) is 0 Å². The van der Waals surface area contributed by atoms with E-state index in [1.165, 1.54) is 30.5 Å². The monoisotopic (exact) mass is 312 g/mol. The van der Waals surface area contributed by atoms with Crippen molar-refractivity contribution in [1.82, 2.24) is 20.0 Å². The number of likely N-dealkylation sites (tertiary alicyclic amines) is 1. The summed E-state index contributed by atoms with van der Waals surface area (Å²) in [5, 5.41) is 8.05. The molecule has 1 aromatic carbocycles. The molecule has 0 bridgehead atoms. The van der Waals surface area contributed by atoms with Crippen molar-refractivity contribution in [3.63, 3.8) is 0 Å². The highest BCUT2D eigenvalue weighted by Crippen LogP contribution is 2.20. The number of hydrogen-bond donors (Lipinski definition) is 1. The van der Waals surface area contributed by atoms with Crippen LogP contribution in [0.3, 0.4) is 0 Å². The summed E-state index contributed by atoms with van der Waals surface area (Å²) in [6.45, 7) is 8.57. The third-order valence-electron chi connectivity index (χ3n) is 4.85. The summed E-state index contributed by atoms with van der Waals surface area (Å²) in [5.41, 5.74) is 2.70. The van der Waals surface area contributed by atoms with E-state index in [1.807, 2.05) is 10.9 Å². The van der Waals surface area contributed by atoms with Crippen LogP contribution in [0, 0.1) is 0 Å². The van der Waals surface area contributed by atoms with E-state index in [9.17, 15) is 0 Å². The summed E-state index contributed by atoms with van der Waals surface area (Å²) >= 11 is 0. The molecule has 124 valence electrons. The van der Waals surface area contributed by atoms with Gasteiger partial charge >= 0.3 is 0 Å². The maximum atomic E-state index is 4.34. The van der Waals surface area contributed by atoms with E-state index in [0.717, 1.165) is 19.6 Å². The van der Waals surface area contributed by atoms with Gasteiger partial charge in [0.2, 0.25) is 0 Å². The third-order valence-corrected chi connectivity index (χ3v) is 4.85. The Morgan fingerprint density at radius 3 is 2.74 bits per heavy atom. The van der Waals surface area contributed by atoms with Crippen LogP contribution >= 0.6 is 0 Å². The van der Waals surface area contributed by atoms with Crippen LogP contribution in [0.1, 0.15) is 37.8 Å². The topological polar surface area (TPSA) is 33.1 Å². The van der Waals surface area contributed by atoms with E-state index < -0.39 is 0 Å². The van der Waals surface area contributed by atoms with Crippen LogP contribution in [-0.2, 0) is 19.6 Å². The molecule has 2 heterocycles. The highest BCUT2D eigenvalue weighted by Gasteiger charge is 2.25. The Morgan fingerprint density at radius 2 is 2.04 bits per heavy atom. The summed E-state index contributed by atoms with van der Waals surface area (Å²) in [4.78, 5) is 2.60. The average Bonchev–Trinajstić information content (AvgIpc) is 3.04. The summed E-state index contributed by atoms with van der Waals surface area (Å²) < 4.78 is 1.99. The smallest absolute Gasteiger partial charge is 0.0534 e. The Bertz CT molecular complexity index is 592. The van der Waals surface area contributed by atoms with E-state index in [4.69, 9.17) is 0 Å². The van der Waals surface area contributed by atoms with Gasteiger partial charge in [-0.15, -0.1) is 0 Å². The van der Waals surface area contributed by atoms with Crippen molar-refractivity contribution in [1.29, 1.82) is 0 Å². The Morgan fingerprint density at radius 1 is 1.22 bits per heavy atom. The van der Waals surface area contributed by atoms with Crippen molar-refractivity contribution >= 4 is 0 Å². The maximum absolute atomic E-state index is 4.34. The van der Waals surface area contributed by atoms with Crippen molar-refractivity contribution in [3.05, 3.63) is 53.9 Å². The zero-order valence-corrected chi connectivity index (χ0v) is 14.3. The fourth-order valence-corrected chi connectivity index (χ4v) is 3.39. The second-order valence-corrected chi connectivity index (χ2v) is 6.61. The Labute approximate surface area is 139 Å². The van der Waals surface area contributed by atoms with Gasteiger partial charge in [0.05, 0.1) is 6.20 Å². The zero-order valence-electron chi connectivity index (χ0n) is 14.3. The van der Waals surface area contributed by atoms with E-state index in [1.54, 1.807) is 0 Å². The van der Waals surface area contributed by atoms with Gasteiger partial charge in [0, 0.05) is 50.0 Å². The summed E-state index contributed by atoms with van der Waals surface area (Å²) in [6, 6.07) is 12.0. The first kappa shape index (κ1) is 16.2. The SMILES string of the molecule is CCn1cc(CN[C@@H]2CCN(Cc3ccccc3)[C@H](C)C2)cn1. The third kappa shape index (κ3) is 4.43. The lowest BCUT2D eigenvalue weighted by molar-refractivity contribution is 0.128. The molecule has 1 aliphatic heterocycles. The van der Waals surface area contributed by atoms with Gasteiger partial charge in [-0.2, -0.15) is 5.10 Å². The van der Waals surface area contributed by atoms with Crippen LogP contribution in [0.5, 0.6) is 0 Å². The van der Waals surface area contributed by atoms with Crippen molar-refractivity contribution < 1.29 is 0 Å². The molecule has 1 aliphatic rings. The van der Waals surface area contributed by atoms with Crippen molar-refractivity contribution in [2.45, 2.75) is 58.4 Å². The van der Waals surface area contributed by atoms with Crippen molar-refractivity contribution in [2.24, 2.45) is 0 Å². The predicted molar refractivity (Wildman–Crippen MR) is 94.1 cm³/mol. The molecule has 1 N–H and O–H groups in total. The Hall–Kier alpha value is -1.65.